The van der Waals surface area contributed by atoms with Crippen LogP contribution in [0.2, 0.25) is 0 Å². The van der Waals surface area contributed by atoms with Crippen molar-refractivity contribution in [2.45, 2.75) is 20.0 Å². The highest BCUT2D eigenvalue weighted by Crippen LogP contribution is 2.38. The molecule has 1 aliphatic heterocycles. The second kappa shape index (κ2) is 12.6. The van der Waals surface area contributed by atoms with E-state index in [0.29, 0.717) is 35.9 Å². The maximum atomic E-state index is 14.1. The van der Waals surface area contributed by atoms with E-state index >= 15 is 0 Å². The molecule has 2 aromatic carbocycles. The first-order valence-electron chi connectivity index (χ1n) is 14.6. The molecule has 0 aliphatic carbocycles. The van der Waals surface area contributed by atoms with Gasteiger partial charge in [-0.3, -0.25) is 9.78 Å². The molecule has 0 bridgehead atoms. The zero-order chi connectivity index (χ0) is 32.4. The van der Waals surface area contributed by atoms with Gasteiger partial charge in [0, 0.05) is 78.4 Å². The summed E-state index contributed by atoms with van der Waals surface area (Å²) in [5.74, 6) is 0.195. The molecule has 0 radical (unpaired) electrons. The van der Waals surface area contributed by atoms with Crippen LogP contribution in [0, 0.1) is 13.8 Å². The molecular formula is C33H31F3N8O2. The maximum absolute atomic E-state index is 14.1. The molecule has 46 heavy (non-hydrogen) atoms. The van der Waals surface area contributed by atoms with E-state index in [0.717, 1.165) is 41.4 Å². The monoisotopic (exact) mass is 628 g/mol. The Morgan fingerprint density at radius 2 is 1.67 bits per heavy atom. The van der Waals surface area contributed by atoms with Crippen LogP contribution < -0.4 is 15.5 Å². The minimum absolute atomic E-state index is 0.167. The van der Waals surface area contributed by atoms with Gasteiger partial charge in [0.1, 0.15) is 0 Å². The summed E-state index contributed by atoms with van der Waals surface area (Å²) in [5, 5.41) is 9.43. The number of anilines is 4. The number of pyridine rings is 1. The van der Waals surface area contributed by atoms with Crippen LogP contribution in [-0.2, 0) is 6.18 Å². The van der Waals surface area contributed by atoms with Gasteiger partial charge in [0.2, 0.25) is 5.95 Å². The summed E-state index contributed by atoms with van der Waals surface area (Å²) >= 11 is 0. The zero-order valence-corrected chi connectivity index (χ0v) is 25.4. The number of hydrogen-bond donors (Lipinski definition) is 2. The quantitative estimate of drug-likeness (QED) is 0.207. The molecule has 236 valence electrons. The number of aromatic nitrogens is 4. The Hall–Kier alpha value is -5.30. The highest BCUT2D eigenvalue weighted by Gasteiger charge is 2.35. The Balaban J connectivity index is 1.21. The van der Waals surface area contributed by atoms with Crippen molar-refractivity contribution < 1.29 is 22.5 Å². The van der Waals surface area contributed by atoms with Crippen LogP contribution in [-0.4, -0.2) is 64.1 Å². The molecule has 0 spiro atoms. The second-order valence-corrected chi connectivity index (χ2v) is 11.2. The fraction of sp³-hybridized carbons (Fsp3) is 0.242. The van der Waals surface area contributed by atoms with E-state index in [4.69, 9.17) is 4.52 Å². The van der Waals surface area contributed by atoms with Crippen molar-refractivity contribution in [3.8, 4) is 22.6 Å². The zero-order valence-electron chi connectivity index (χ0n) is 25.4. The molecule has 1 aliphatic rings. The molecule has 2 N–H and O–H groups in total. The summed E-state index contributed by atoms with van der Waals surface area (Å²) < 4.78 is 47.7. The van der Waals surface area contributed by atoms with Crippen LogP contribution in [0.5, 0.6) is 0 Å². The third-order valence-corrected chi connectivity index (χ3v) is 7.87. The van der Waals surface area contributed by atoms with Gasteiger partial charge in [0.15, 0.2) is 5.76 Å². The smallest absolute Gasteiger partial charge is 0.369 e. The molecule has 4 heterocycles. The number of nitrogens with one attached hydrogen (secondary N) is 2. The lowest BCUT2D eigenvalue weighted by molar-refractivity contribution is -0.136. The third kappa shape index (κ3) is 6.69. The van der Waals surface area contributed by atoms with Gasteiger partial charge in [-0.25, -0.2) is 9.97 Å². The second-order valence-electron chi connectivity index (χ2n) is 11.2. The molecule has 6 rings (SSSR count). The van der Waals surface area contributed by atoms with Crippen molar-refractivity contribution in [3.63, 3.8) is 0 Å². The Morgan fingerprint density at radius 3 is 2.41 bits per heavy atom. The third-order valence-electron chi connectivity index (χ3n) is 7.87. The Bertz CT molecular complexity index is 1880. The maximum Gasteiger partial charge on any atom is 0.418 e. The van der Waals surface area contributed by atoms with E-state index in [1.807, 2.05) is 31.9 Å². The topological polar surface area (TPSA) is 112 Å². The van der Waals surface area contributed by atoms with Gasteiger partial charge in [0.25, 0.3) is 5.91 Å². The molecule has 5 aromatic rings. The van der Waals surface area contributed by atoms with E-state index in [-0.39, 0.29) is 17.2 Å². The summed E-state index contributed by atoms with van der Waals surface area (Å²) in [6, 6.07) is 12.5. The fourth-order valence-corrected chi connectivity index (χ4v) is 5.20. The molecule has 10 nitrogen and oxygen atoms in total. The number of amides is 1. The summed E-state index contributed by atoms with van der Waals surface area (Å²) in [4.78, 5) is 30.5. The lowest BCUT2D eigenvalue weighted by atomic mass is 10.1. The predicted octanol–water partition coefficient (Wildman–Crippen LogP) is 6.58. The van der Waals surface area contributed by atoms with Gasteiger partial charge < -0.3 is 25.0 Å². The Labute approximate surface area is 263 Å². The fourth-order valence-electron chi connectivity index (χ4n) is 5.20. The summed E-state index contributed by atoms with van der Waals surface area (Å²) in [6.45, 7) is 6.48. The molecule has 0 saturated carbocycles. The molecular weight excluding hydrogens is 597 g/mol. The van der Waals surface area contributed by atoms with Crippen molar-refractivity contribution in [3.05, 3.63) is 95.6 Å². The van der Waals surface area contributed by atoms with Gasteiger partial charge in [-0.1, -0.05) is 11.2 Å². The van der Waals surface area contributed by atoms with Gasteiger partial charge in [-0.15, -0.1) is 0 Å². The number of hydrogen-bond acceptors (Lipinski definition) is 9. The highest BCUT2D eigenvalue weighted by molar-refractivity contribution is 6.05. The van der Waals surface area contributed by atoms with E-state index in [2.05, 4.69) is 35.6 Å². The van der Waals surface area contributed by atoms with E-state index < -0.39 is 17.6 Å². The number of likely N-dealkylation sites (N-methyl/N-ethyl adjacent to an activating group) is 1. The number of rotatable bonds is 7. The molecule has 1 saturated heterocycles. The van der Waals surface area contributed by atoms with Crippen LogP contribution in [0.4, 0.5) is 36.2 Å². The summed E-state index contributed by atoms with van der Waals surface area (Å²) in [6.07, 6.45) is 1.91. The molecule has 1 fully saturated rings. The largest absolute Gasteiger partial charge is 0.418 e. The standard InChI is InChI=1S/C33H31F3N8O2/c1-20-4-5-22(31(45)40-28-7-6-25(16-26(28)33(34,35)36)44-12-10-43(3)11-13-44)15-29(20)42-32-38-9-8-27(41-32)23-14-24(19-37-18-23)30-21(2)17-39-46-30/h4-9,14-19H,10-13H2,1-3H3,(H,40,45)(H,38,41,42). The van der Waals surface area contributed by atoms with Crippen LogP contribution in [0.25, 0.3) is 22.6 Å². The van der Waals surface area contributed by atoms with Crippen LogP contribution in [0.1, 0.15) is 27.0 Å². The average Bonchev–Trinajstić information content (AvgIpc) is 3.48. The first kappa shape index (κ1) is 30.7. The molecule has 13 heteroatoms. The van der Waals surface area contributed by atoms with Gasteiger partial charge in [0.05, 0.1) is 23.1 Å². The minimum atomic E-state index is -4.66. The van der Waals surface area contributed by atoms with E-state index in [1.54, 1.807) is 55.1 Å². The summed E-state index contributed by atoms with van der Waals surface area (Å²) in [7, 11) is 1.98. The first-order chi connectivity index (χ1) is 22.0. The summed E-state index contributed by atoms with van der Waals surface area (Å²) in [5.41, 5.74) is 3.68. The number of benzene rings is 2. The number of nitrogens with zero attached hydrogens (tertiary/aromatic N) is 6. The number of carbonyl (C=O) groups excluding carboxylic acids is 1. The first-order valence-corrected chi connectivity index (χ1v) is 14.6. The number of aryl methyl sites for hydroxylation is 2. The normalized spacial score (nSPS) is 13.9. The van der Waals surface area contributed by atoms with Crippen LogP contribution in [0.15, 0.2) is 77.8 Å². The van der Waals surface area contributed by atoms with Crippen molar-refractivity contribution in [2.75, 3.05) is 48.8 Å². The van der Waals surface area contributed by atoms with Crippen LogP contribution in [0.3, 0.4) is 0 Å². The lowest BCUT2D eigenvalue weighted by Gasteiger charge is -2.34. The Morgan fingerprint density at radius 1 is 0.891 bits per heavy atom. The van der Waals surface area contributed by atoms with Crippen molar-refractivity contribution >= 4 is 28.9 Å². The number of piperazine rings is 1. The molecule has 3 aromatic heterocycles. The predicted molar refractivity (Wildman–Crippen MR) is 169 cm³/mol. The molecule has 0 atom stereocenters. The van der Waals surface area contributed by atoms with Gasteiger partial charge in [-0.05, 0) is 68.9 Å². The minimum Gasteiger partial charge on any atom is -0.369 e. The Kier molecular flexibility index (Phi) is 8.41. The van der Waals surface area contributed by atoms with E-state index in [9.17, 15) is 18.0 Å². The van der Waals surface area contributed by atoms with E-state index in [1.165, 1.54) is 6.07 Å². The number of carbonyl (C=O) groups is 1. The van der Waals surface area contributed by atoms with Gasteiger partial charge >= 0.3 is 6.18 Å². The van der Waals surface area contributed by atoms with Crippen LogP contribution >= 0.6 is 0 Å². The molecule has 1 amide bonds. The average molecular weight is 629 g/mol. The highest BCUT2D eigenvalue weighted by atomic mass is 19.4. The number of halogens is 3. The van der Waals surface area contributed by atoms with Crippen molar-refractivity contribution in [1.29, 1.82) is 0 Å². The van der Waals surface area contributed by atoms with Crippen molar-refractivity contribution in [2.24, 2.45) is 0 Å². The molecule has 0 unspecified atom stereocenters. The number of alkyl halides is 3. The van der Waals surface area contributed by atoms with Gasteiger partial charge in [-0.2, -0.15) is 13.2 Å². The SMILES string of the molecule is Cc1ccc(C(=O)Nc2ccc(N3CCN(C)CC3)cc2C(F)(F)F)cc1Nc1nccc(-c2cncc(-c3oncc3C)c2)n1. The lowest BCUT2D eigenvalue weighted by Crippen LogP contribution is -2.44. The van der Waals surface area contributed by atoms with Crippen molar-refractivity contribution in [1.82, 2.24) is 25.0 Å².